The molecule has 2 aromatic heterocycles. The molecule has 3 aromatic rings. The average molecular weight is 432 g/mol. The summed E-state index contributed by atoms with van der Waals surface area (Å²) < 4.78 is 11.1. The summed E-state index contributed by atoms with van der Waals surface area (Å²) in [6.45, 7) is 4.53. The zero-order valence-corrected chi connectivity index (χ0v) is 17.9. The largest absolute Gasteiger partial charge is 0.503 e. The molecule has 1 aliphatic heterocycles. The maximum Gasteiger partial charge on any atom is 0.290 e. The summed E-state index contributed by atoms with van der Waals surface area (Å²) in [6, 6.07) is 13.3. The summed E-state index contributed by atoms with van der Waals surface area (Å²) in [4.78, 5) is 31.9. The van der Waals surface area contributed by atoms with Gasteiger partial charge in [-0.2, -0.15) is 0 Å². The molecule has 32 heavy (non-hydrogen) atoms. The highest BCUT2D eigenvalue weighted by Gasteiger charge is 2.44. The maximum absolute atomic E-state index is 13.3. The van der Waals surface area contributed by atoms with E-state index in [2.05, 4.69) is 4.98 Å². The van der Waals surface area contributed by atoms with Gasteiger partial charge in [0.1, 0.15) is 11.5 Å². The Bertz CT molecular complexity index is 1150. The van der Waals surface area contributed by atoms with Gasteiger partial charge in [0.05, 0.1) is 18.2 Å². The van der Waals surface area contributed by atoms with Crippen LogP contribution in [-0.2, 0) is 11.3 Å². The molecule has 0 saturated heterocycles. The molecule has 0 saturated carbocycles. The zero-order chi connectivity index (χ0) is 22.7. The minimum Gasteiger partial charge on any atom is -0.503 e. The van der Waals surface area contributed by atoms with Crippen LogP contribution in [0.1, 0.15) is 46.8 Å². The zero-order valence-electron chi connectivity index (χ0n) is 17.9. The Morgan fingerprint density at radius 1 is 1.19 bits per heavy atom. The van der Waals surface area contributed by atoms with Crippen LogP contribution in [-0.4, -0.2) is 33.3 Å². The molecule has 7 nitrogen and oxygen atoms in total. The molecule has 0 aliphatic carbocycles. The molecule has 1 aromatic carbocycles. The lowest BCUT2D eigenvalue weighted by atomic mass is 9.95. The molecular formula is C25H24N2O5. The predicted octanol–water partition coefficient (Wildman–Crippen LogP) is 4.55. The first kappa shape index (κ1) is 21.4. The summed E-state index contributed by atoms with van der Waals surface area (Å²) in [7, 11) is 0. The molecule has 0 unspecified atom stereocenters. The van der Waals surface area contributed by atoms with E-state index in [0.29, 0.717) is 23.7 Å². The number of hydrogen-bond donors (Lipinski definition) is 1. The van der Waals surface area contributed by atoms with Crippen LogP contribution >= 0.6 is 0 Å². The van der Waals surface area contributed by atoms with Crippen molar-refractivity contribution in [3.63, 3.8) is 0 Å². The number of ketones is 1. The van der Waals surface area contributed by atoms with E-state index in [9.17, 15) is 14.7 Å². The van der Waals surface area contributed by atoms with Crippen molar-refractivity contribution in [2.75, 3.05) is 6.61 Å². The van der Waals surface area contributed by atoms with Crippen LogP contribution in [0.15, 0.2) is 76.7 Å². The monoisotopic (exact) mass is 432 g/mol. The smallest absolute Gasteiger partial charge is 0.290 e. The van der Waals surface area contributed by atoms with E-state index in [4.69, 9.17) is 9.15 Å². The van der Waals surface area contributed by atoms with Crippen molar-refractivity contribution in [2.45, 2.75) is 32.9 Å². The Hall–Kier alpha value is -3.87. The van der Waals surface area contributed by atoms with Crippen LogP contribution in [0.25, 0.3) is 0 Å². The van der Waals surface area contributed by atoms with Crippen molar-refractivity contribution < 1.29 is 23.8 Å². The number of pyridine rings is 1. The lowest BCUT2D eigenvalue weighted by molar-refractivity contribution is -0.130. The van der Waals surface area contributed by atoms with E-state index in [1.807, 2.05) is 13.0 Å². The van der Waals surface area contributed by atoms with Crippen molar-refractivity contribution in [2.24, 2.45) is 0 Å². The number of nitrogens with zero attached hydrogens (tertiary/aromatic N) is 2. The van der Waals surface area contributed by atoms with Gasteiger partial charge in [0.15, 0.2) is 11.5 Å². The third-order valence-electron chi connectivity index (χ3n) is 5.26. The van der Waals surface area contributed by atoms with Gasteiger partial charge >= 0.3 is 0 Å². The second kappa shape index (κ2) is 9.09. The Morgan fingerprint density at radius 2 is 1.97 bits per heavy atom. The van der Waals surface area contributed by atoms with Gasteiger partial charge < -0.3 is 19.2 Å². The number of aliphatic hydroxyl groups excluding tert-OH is 1. The number of aromatic nitrogens is 1. The average Bonchev–Trinajstić information content (AvgIpc) is 3.35. The van der Waals surface area contributed by atoms with Gasteiger partial charge in [-0.1, -0.05) is 25.1 Å². The molecule has 164 valence electrons. The molecule has 4 rings (SSSR count). The number of rotatable bonds is 8. The minimum atomic E-state index is -0.777. The van der Waals surface area contributed by atoms with Gasteiger partial charge in [0.25, 0.3) is 5.91 Å². The summed E-state index contributed by atoms with van der Waals surface area (Å²) in [5, 5.41) is 10.7. The summed E-state index contributed by atoms with van der Waals surface area (Å²) in [5.74, 6) is -0.358. The fourth-order valence-corrected chi connectivity index (χ4v) is 3.74. The van der Waals surface area contributed by atoms with Crippen LogP contribution < -0.4 is 4.74 Å². The summed E-state index contributed by atoms with van der Waals surface area (Å²) >= 11 is 0. The normalized spacial score (nSPS) is 16.0. The summed E-state index contributed by atoms with van der Waals surface area (Å²) in [5.41, 5.74) is 1.46. The summed E-state index contributed by atoms with van der Waals surface area (Å²) in [6.07, 6.45) is 4.18. The number of hydrogen-bond acceptors (Lipinski definition) is 6. The fourth-order valence-electron chi connectivity index (χ4n) is 3.74. The van der Waals surface area contributed by atoms with Crippen LogP contribution in [0.2, 0.25) is 0 Å². The van der Waals surface area contributed by atoms with Gasteiger partial charge in [-0.25, -0.2) is 0 Å². The van der Waals surface area contributed by atoms with Gasteiger partial charge in [0, 0.05) is 18.9 Å². The fraction of sp³-hybridized carbons (Fsp3) is 0.240. The first-order chi connectivity index (χ1) is 15.5. The number of carbonyl (C=O) groups is 2. The number of Topliss-reactive ketones (excluding diaryl/α,β-unsaturated/α-hetero) is 1. The highest BCUT2D eigenvalue weighted by Crippen LogP contribution is 2.40. The second-order valence-electron chi connectivity index (χ2n) is 7.62. The SMILES string of the molecule is CCCOc1ccc([C@H]2C(C(=O)c3ccc(C)o3)=C(O)C(=O)N2Cc2cccnc2)cc1. The molecule has 0 fully saturated rings. The molecule has 0 spiro atoms. The highest BCUT2D eigenvalue weighted by atomic mass is 16.5. The predicted molar refractivity (Wildman–Crippen MR) is 117 cm³/mol. The number of ether oxygens (including phenoxy) is 1. The van der Waals surface area contributed by atoms with E-state index < -0.39 is 23.5 Å². The van der Waals surface area contributed by atoms with Crippen LogP contribution in [0.5, 0.6) is 5.75 Å². The Balaban J connectivity index is 1.74. The highest BCUT2D eigenvalue weighted by molar-refractivity contribution is 6.15. The van der Waals surface area contributed by atoms with E-state index in [1.165, 1.54) is 4.90 Å². The topological polar surface area (TPSA) is 92.9 Å². The van der Waals surface area contributed by atoms with Crippen molar-refractivity contribution in [1.82, 2.24) is 9.88 Å². The van der Waals surface area contributed by atoms with Crippen molar-refractivity contribution in [1.29, 1.82) is 0 Å². The van der Waals surface area contributed by atoms with Gasteiger partial charge in [0.2, 0.25) is 5.78 Å². The first-order valence-corrected chi connectivity index (χ1v) is 10.5. The van der Waals surface area contributed by atoms with E-state index in [-0.39, 0.29) is 17.9 Å². The molecular weight excluding hydrogens is 408 g/mol. The number of carbonyl (C=O) groups excluding carboxylic acids is 2. The van der Waals surface area contributed by atoms with Crippen molar-refractivity contribution in [3.05, 3.63) is 94.9 Å². The van der Waals surface area contributed by atoms with Crippen LogP contribution in [0.4, 0.5) is 0 Å². The maximum atomic E-state index is 13.3. The quantitative estimate of drug-likeness (QED) is 0.525. The Kier molecular flexibility index (Phi) is 6.07. The molecule has 1 N–H and O–H groups in total. The second-order valence-corrected chi connectivity index (χ2v) is 7.62. The molecule has 0 radical (unpaired) electrons. The Morgan fingerprint density at radius 3 is 2.59 bits per heavy atom. The van der Waals surface area contributed by atoms with E-state index >= 15 is 0 Å². The number of aryl methyl sites for hydroxylation is 1. The van der Waals surface area contributed by atoms with Crippen LogP contribution in [0.3, 0.4) is 0 Å². The van der Waals surface area contributed by atoms with E-state index in [0.717, 1.165) is 12.0 Å². The molecule has 1 amide bonds. The molecule has 0 bridgehead atoms. The number of benzene rings is 1. The first-order valence-electron chi connectivity index (χ1n) is 10.5. The standard InChI is InChI=1S/C25H24N2O5/c1-3-13-31-19-9-7-18(8-10-19)22-21(23(28)20-11-6-16(2)32-20)24(29)25(30)27(22)15-17-5-4-12-26-14-17/h4-12,14,22,29H,3,13,15H2,1-2H3/t22-/m0/s1. The van der Waals surface area contributed by atoms with E-state index in [1.54, 1.807) is 61.8 Å². The number of furan rings is 1. The van der Waals surface area contributed by atoms with Crippen molar-refractivity contribution >= 4 is 11.7 Å². The molecule has 1 atom stereocenters. The van der Waals surface area contributed by atoms with Crippen LogP contribution in [0, 0.1) is 6.92 Å². The Labute approximate surface area is 186 Å². The number of amides is 1. The number of aliphatic hydroxyl groups is 1. The van der Waals surface area contributed by atoms with Gasteiger partial charge in [-0.15, -0.1) is 0 Å². The minimum absolute atomic E-state index is 0.00420. The third kappa shape index (κ3) is 4.14. The van der Waals surface area contributed by atoms with Crippen molar-refractivity contribution in [3.8, 4) is 5.75 Å². The lowest BCUT2D eigenvalue weighted by Crippen LogP contribution is -2.30. The molecule has 3 heterocycles. The van der Waals surface area contributed by atoms with Gasteiger partial charge in [-0.05, 0) is 54.8 Å². The lowest BCUT2D eigenvalue weighted by Gasteiger charge is -2.26. The van der Waals surface area contributed by atoms with Gasteiger partial charge in [-0.3, -0.25) is 14.6 Å². The third-order valence-corrected chi connectivity index (χ3v) is 5.26. The molecule has 7 heteroatoms. The molecule has 1 aliphatic rings.